The number of carbonyl (C=O) groups is 1. The normalized spacial score (nSPS) is 28.5. The Kier molecular flexibility index (Phi) is 3.31. The standard InChI is InChI=1S/C10H20N2O/c1-7(2)10(13)12-5-4-8(3)9(12)6-11/h7-9H,4-6,11H2,1-3H3. The fraction of sp³-hybridized carbons (Fsp3) is 0.900. The topological polar surface area (TPSA) is 46.3 Å². The van der Waals surface area contributed by atoms with Crippen LogP contribution in [0.25, 0.3) is 0 Å². The van der Waals surface area contributed by atoms with E-state index in [2.05, 4.69) is 6.92 Å². The molecule has 0 bridgehead atoms. The lowest BCUT2D eigenvalue weighted by Gasteiger charge is -2.27. The summed E-state index contributed by atoms with van der Waals surface area (Å²) in [5.74, 6) is 0.909. The largest absolute Gasteiger partial charge is 0.338 e. The Labute approximate surface area is 80.3 Å². The molecule has 13 heavy (non-hydrogen) atoms. The van der Waals surface area contributed by atoms with Crippen molar-refractivity contribution in [3.05, 3.63) is 0 Å². The van der Waals surface area contributed by atoms with Crippen molar-refractivity contribution in [1.82, 2.24) is 4.90 Å². The second kappa shape index (κ2) is 4.09. The molecule has 2 unspecified atom stereocenters. The highest BCUT2D eigenvalue weighted by atomic mass is 16.2. The molecule has 0 spiro atoms. The molecular weight excluding hydrogens is 164 g/mol. The summed E-state index contributed by atoms with van der Waals surface area (Å²) in [6.45, 7) is 7.54. The van der Waals surface area contributed by atoms with Crippen molar-refractivity contribution in [2.24, 2.45) is 17.6 Å². The first-order chi connectivity index (χ1) is 6.07. The van der Waals surface area contributed by atoms with Gasteiger partial charge in [-0.25, -0.2) is 0 Å². The lowest BCUT2D eigenvalue weighted by atomic mass is 10.0. The Balaban J connectivity index is 2.65. The molecule has 1 heterocycles. The number of carbonyl (C=O) groups excluding carboxylic acids is 1. The predicted molar refractivity (Wildman–Crippen MR) is 53.2 cm³/mol. The summed E-state index contributed by atoms with van der Waals surface area (Å²) in [6, 6.07) is 0.273. The summed E-state index contributed by atoms with van der Waals surface area (Å²) >= 11 is 0. The van der Waals surface area contributed by atoms with Crippen LogP contribution in [0, 0.1) is 11.8 Å². The molecule has 3 nitrogen and oxygen atoms in total. The predicted octanol–water partition coefficient (Wildman–Crippen LogP) is 0.838. The van der Waals surface area contributed by atoms with Crippen LogP contribution in [0.4, 0.5) is 0 Å². The van der Waals surface area contributed by atoms with Crippen LogP contribution < -0.4 is 5.73 Å². The summed E-state index contributed by atoms with van der Waals surface area (Å²) < 4.78 is 0. The maximum absolute atomic E-state index is 11.7. The van der Waals surface area contributed by atoms with E-state index in [1.54, 1.807) is 0 Å². The van der Waals surface area contributed by atoms with Gasteiger partial charge >= 0.3 is 0 Å². The third-order valence-corrected chi connectivity index (χ3v) is 2.90. The van der Waals surface area contributed by atoms with Crippen LogP contribution in [-0.2, 0) is 4.79 Å². The van der Waals surface area contributed by atoms with Crippen molar-refractivity contribution in [2.75, 3.05) is 13.1 Å². The molecule has 0 radical (unpaired) electrons. The first-order valence-electron chi connectivity index (χ1n) is 5.08. The molecule has 2 N–H and O–H groups in total. The van der Waals surface area contributed by atoms with Crippen molar-refractivity contribution in [1.29, 1.82) is 0 Å². The molecule has 3 heteroatoms. The highest BCUT2D eigenvalue weighted by Gasteiger charge is 2.33. The smallest absolute Gasteiger partial charge is 0.225 e. The van der Waals surface area contributed by atoms with Crippen LogP contribution in [0.5, 0.6) is 0 Å². The van der Waals surface area contributed by atoms with Gasteiger partial charge in [0.15, 0.2) is 0 Å². The highest BCUT2D eigenvalue weighted by Crippen LogP contribution is 2.24. The summed E-state index contributed by atoms with van der Waals surface area (Å²) in [5.41, 5.74) is 5.66. The quantitative estimate of drug-likeness (QED) is 0.691. The monoisotopic (exact) mass is 184 g/mol. The minimum Gasteiger partial charge on any atom is -0.338 e. The Bertz CT molecular complexity index is 191. The SMILES string of the molecule is CC(C)C(=O)N1CCC(C)C1CN. The first kappa shape index (κ1) is 10.5. The van der Waals surface area contributed by atoms with Crippen LogP contribution in [0.15, 0.2) is 0 Å². The maximum Gasteiger partial charge on any atom is 0.225 e. The van der Waals surface area contributed by atoms with Gasteiger partial charge in [0.25, 0.3) is 0 Å². The van der Waals surface area contributed by atoms with Gasteiger partial charge in [-0.1, -0.05) is 20.8 Å². The average molecular weight is 184 g/mol. The molecule has 0 aromatic carbocycles. The summed E-state index contributed by atoms with van der Waals surface area (Å²) in [7, 11) is 0. The molecular formula is C10H20N2O. The molecule has 0 aromatic heterocycles. The minimum absolute atomic E-state index is 0.0966. The summed E-state index contributed by atoms with van der Waals surface area (Å²) in [6.07, 6.45) is 1.10. The van der Waals surface area contributed by atoms with E-state index in [9.17, 15) is 4.79 Å². The Morgan fingerprint density at radius 3 is 2.69 bits per heavy atom. The van der Waals surface area contributed by atoms with Gasteiger partial charge in [-0.3, -0.25) is 4.79 Å². The zero-order valence-corrected chi connectivity index (χ0v) is 8.79. The van der Waals surface area contributed by atoms with Gasteiger partial charge in [-0.2, -0.15) is 0 Å². The lowest BCUT2D eigenvalue weighted by Crippen LogP contribution is -2.43. The molecule has 0 aliphatic carbocycles. The first-order valence-corrected chi connectivity index (χ1v) is 5.08. The zero-order chi connectivity index (χ0) is 10.0. The van der Waals surface area contributed by atoms with E-state index in [1.165, 1.54) is 0 Å². The number of hydrogen-bond acceptors (Lipinski definition) is 2. The lowest BCUT2D eigenvalue weighted by molar-refractivity contribution is -0.135. The average Bonchev–Trinajstić information content (AvgIpc) is 2.45. The van der Waals surface area contributed by atoms with Gasteiger partial charge in [0.1, 0.15) is 0 Å². The molecule has 2 atom stereocenters. The number of nitrogens with zero attached hydrogens (tertiary/aromatic N) is 1. The third kappa shape index (κ3) is 2.02. The third-order valence-electron chi connectivity index (χ3n) is 2.90. The molecule has 1 fully saturated rings. The van der Waals surface area contributed by atoms with E-state index in [0.717, 1.165) is 13.0 Å². The van der Waals surface area contributed by atoms with Crippen molar-refractivity contribution >= 4 is 5.91 Å². The van der Waals surface area contributed by atoms with Crippen LogP contribution in [0.2, 0.25) is 0 Å². The minimum atomic E-state index is 0.0966. The number of amides is 1. The number of nitrogens with two attached hydrogens (primary N) is 1. The van der Waals surface area contributed by atoms with Gasteiger partial charge in [0.2, 0.25) is 5.91 Å². The van der Waals surface area contributed by atoms with Gasteiger partial charge < -0.3 is 10.6 Å². The molecule has 1 rings (SSSR count). The zero-order valence-electron chi connectivity index (χ0n) is 8.79. The summed E-state index contributed by atoms with van der Waals surface area (Å²) in [5, 5.41) is 0. The van der Waals surface area contributed by atoms with E-state index in [1.807, 2.05) is 18.7 Å². The van der Waals surface area contributed by atoms with Crippen molar-refractivity contribution in [2.45, 2.75) is 33.2 Å². The van der Waals surface area contributed by atoms with Crippen molar-refractivity contribution in [3.63, 3.8) is 0 Å². The van der Waals surface area contributed by atoms with E-state index in [4.69, 9.17) is 5.73 Å². The van der Waals surface area contributed by atoms with E-state index >= 15 is 0 Å². The highest BCUT2D eigenvalue weighted by molar-refractivity contribution is 5.78. The second-order valence-electron chi connectivity index (χ2n) is 4.26. The van der Waals surface area contributed by atoms with Crippen molar-refractivity contribution in [3.8, 4) is 0 Å². The molecule has 0 saturated carbocycles. The van der Waals surface area contributed by atoms with E-state index in [-0.39, 0.29) is 17.9 Å². The van der Waals surface area contributed by atoms with Gasteiger partial charge in [-0.15, -0.1) is 0 Å². The fourth-order valence-electron chi connectivity index (χ4n) is 1.97. The van der Waals surface area contributed by atoms with Crippen LogP contribution in [0.1, 0.15) is 27.2 Å². The van der Waals surface area contributed by atoms with Gasteiger partial charge in [-0.05, 0) is 12.3 Å². The Hall–Kier alpha value is -0.570. The summed E-state index contributed by atoms with van der Waals surface area (Å²) in [4.78, 5) is 13.7. The molecule has 1 amide bonds. The number of likely N-dealkylation sites (tertiary alicyclic amines) is 1. The maximum atomic E-state index is 11.7. The fourth-order valence-corrected chi connectivity index (χ4v) is 1.97. The molecule has 76 valence electrons. The van der Waals surface area contributed by atoms with Gasteiger partial charge in [0, 0.05) is 25.0 Å². The second-order valence-corrected chi connectivity index (χ2v) is 4.26. The molecule has 1 aliphatic rings. The van der Waals surface area contributed by atoms with E-state index in [0.29, 0.717) is 12.5 Å². The number of hydrogen-bond donors (Lipinski definition) is 1. The van der Waals surface area contributed by atoms with Crippen molar-refractivity contribution < 1.29 is 4.79 Å². The molecule has 1 saturated heterocycles. The Morgan fingerprint density at radius 1 is 1.62 bits per heavy atom. The van der Waals surface area contributed by atoms with Crippen LogP contribution in [0.3, 0.4) is 0 Å². The van der Waals surface area contributed by atoms with Crippen LogP contribution in [-0.4, -0.2) is 29.9 Å². The molecule has 0 aromatic rings. The molecule has 1 aliphatic heterocycles. The number of rotatable bonds is 2. The van der Waals surface area contributed by atoms with E-state index < -0.39 is 0 Å². The Morgan fingerprint density at radius 2 is 2.23 bits per heavy atom. The van der Waals surface area contributed by atoms with Gasteiger partial charge in [0.05, 0.1) is 0 Å². The van der Waals surface area contributed by atoms with Crippen LogP contribution >= 0.6 is 0 Å².